The van der Waals surface area contributed by atoms with Gasteiger partial charge in [0.1, 0.15) is 11.6 Å². The van der Waals surface area contributed by atoms with E-state index in [9.17, 15) is 23.1 Å². The van der Waals surface area contributed by atoms with Crippen molar-refractivity contribution in [2.24, 2.45) is 0 Å². The zero-order valence-corrected chi connectivity index (χ0v) is 15.1. The number of benzene rings is 2. The van der Waals surface area contributed by atoms with E-state index in [2.05, 4.69) is 10.6 Å². The third kappa shape index (κ3) is 5.16. The predicted molar refractivity (Wildman–Crippen MR) is 97.6 cm³/mol. The van der Waals surface area contributed by atoms with Crippen LogP contribution in [0.15, 0.2) is 36.4 Å². The fraction of sp³-hybridized carbons (Fsp3) is 0.350. The van der Waals surface area contributed by atoms with E-state index in [0.717, 1.165) is 37.8 Å². The Labute approximate surface area is 160 Å². The second-order valence-corrected chi connectivity index (χ2v) is 6.69. The molecule has 150 valence electrons. The van der Waals surface area contributed by atoms with Crippen LogP contribution in [0.1, 0.15) is 37.4 Å². The molecule has 28 heavy (non-hydrogen) atoms. The highest BCUT2D eigenvalue weighted by Crippen LogP contribution is 2.30. The van der Waals surface area contributed by atoms with Crippen LogP contribution in [0.25, 0.3) is 0 Å². The van der Waals surface area contributed by atoms with Gasteiger partial charge in [0, 0.05) is 12.6 Å². The van der Waals surface area contributed by atoms with E-state index in [1.54, 1.807) is 0 Å². The molecule has 0 saturated heterocycles. The number of aliphatic hydroxyl groups excluding tert-OH is 1. The molecule has 0 unspecified atom stereocenters. The number of ether oxygens (including phenoxy) is 1. The van der Waals surface area contributed by atoms with Gasteiger partial charge in [0.15, 0.2) is 11.6 Å². The first-order chi connectivity index (χ1) is 13.4. The van der Waals surface area contributed by atoms with Crippen molar-refractivity contribution < 1.29 is 27.8 Å². The van der Waals surface area contributed by atoms with Gasteiger partial charge in [-0.2, -0.15) is 0 Å². The van der Waals surface area contributed by atoms with E-state index in [0.29, 0.717) is 5.69 Å². The number of hydrogen-bond donors (Lipinski definition) is 3. The Kier molecular flexibility index (Phi) is 6.41. The van der Waals surface area contributed by atoms with Gasteiger partial charge in [0.2, 0.25) is 0 Å². The quantitative estimate of drug-likeness (QED) is 0.685. The van der Waals surface area contributed by atoms with Crippen LogP contribution in [-0.2, 0) is 0 Å². The molecule has 0 bridgehead atoms. The third-order valence-corrected chi connectivity index (χ3v) is 4.57. The largest absolute Gasteiger partial charge is 0.488 e. The first-order valence-corrected chi connectivity index (χ1v) is 9.06. The van der Waals surface area contributed by atoms with Crippen LogP contribution in [0.3, 0.4) is 0 Å². The Balaban J connectivity index is 1.58. The van der Waals surface area contributed by atoms with Crippen LogP contribution in [0, 0.1) is 17.5 Å². The number of amides is 2. The summed E-state index contributed by atoms with van der Waals surface area (Å²) in [4.78, 5) is 12.1. The lowest BCUT2D eigenvalue weighted by atomic mass is 10.1. The summed E-state index contributed by atoms with van der Waals surface area (Å²) in [6.45, 7) is -0.225. The highest BCUT2D eigenvalue weighted by Gasteiger charge is 2.19. The standard InChI is InChI=1S/C20H21F3N2O3/c21-13-6-8-17(19(10-13)28-14-3-1-2-4-14)25-20(27)24-11-18(26)12-5-7-15(22)16(23)9-12/h5-10,14,18,26H,1-4,11H2,(H2,24,25,27)/t18-/m1/s1. The summed E-state index contributed by atoms with van der Waals surface area (Å²) in [6.07, 6.45) is 2.62. The molecule has 8 heteroatoms. The Morgan fingerprint density at radius 2 is 1.86 bits per heavy atom. The molecule has 2 aromatic carbocycles. The second-order valence-electron chi connectivity index (χ2n) is 6.69. The Hall–Kier alpha value is -2.74. The van der Waals surface area contributed by atoms with Crippen molar-refractivity contribution in [3.8, 4) is 5.75 Å². The zero-order chi connectivity index (χ0) is 20.1. The Morgan fingerprint density at radius 1 is 1.11 bits per heavy atom. The minimum absolute atomic E-state index is 0.0133. The topological polar surface area (TPSA) is 70.6 Å². The van der Waals surface area contributed by atoms with Gasteiger partial charge in [0.25, 0.3) is 0 Å². The van der Waals surface area contributed by atoms with E-state index >= 15 is 0 Å². The van der Waals surface area contributed by atoms with E-state index in [4.69, 9.17) is 4.74 Å². The Morgan fingerprint density at radius 3 is 2.57 bits per heavy atom. The van der Waals surface area contributed by atoms with E-state index in [1.165, 1.54) is 24.3 Å². The number of carbonyl (C=O) groups is 1. The van der Waals surface area contributed by atoms with Gasteiger partial charge in [0.05, 0.1) is 17.9 Å². The normalized spacial score (nSPS) is 15.3. The highest BCUT2D eigenvalue weighted by molar-refractivity contribution is 5.90. The van der Waals surface area contributed by atoms with Crippen LogP contribution in [0.2, 0.25) is 0 Å². The molecule has 3 rings (SSSR count). The smallest absolute Gasteiger partial charge is 0.319 e. The maximum atomic E-state index is 13.6. The van der Waals surface area contributed by atoms with Gasteiger partial charge in [-0.15, -0.1) is 0 Å². The summed E-state index contributed by atoms with van der Waals surface area (Å²) in [5, 5.41) is 15.0. The fourth-order valence-electron chi connectivity index (χ4n) is 3.08. The number of hydrogen-bond acceptors (Lipinski definition) is 3. The van der Waals surface area contributed by atoms with Gasteiger partial charge in [-0.1, -0.05) is 6.07 Å². The van der Waals surface area contributed by atoms with Crippen molar-refractivity contribution in [2.45, 2.75) is 37.9 Å². The number of nitrogens with one attached hydrogen (secondary N) is 2. The second kappa shape index (κ2) is 8.97. The molecule has 2 amide bonds. The average molecular weight is 394 g/mol. The van der Waals surface area contributed by atoms with E-state index < -0.39 is 29.6 Å². The monoisotopic (exact) mass is 394 g/mol. The minimum Gasteiger partial charge on any atom is -0.488 e. The van der Waals surface area contributed by atoms with Crippen LogP contribution in [-0.4, -0.2) is 23.8 Å². The SMILES string of the molecule is O=C(NC[C@@H](O)c1ccc(F)c(F)c1)Nc1ccc(F)cc1OC1CCCC1. The van der Waals surface area contributed by atoms with E-state index in [1.807, 2.05) is 0 Å². The maximum Gasteiger partial charge on any atom is 0.319 e. The van der Waals surface area contributed by atoms with Gasteiger partial charge >= 0.3 is 6.03 Å². The molecule has 0 radical (unpaired) electrons. The molecular formula is C20H21F3N2O3. The highest BCUT2D eigenvalue weighted by atomic mass is 19.2. The van der Waals surface area contributed by atoms with Crippen LogP contribution >= 0.6 is 0 Å². The zero-order valence-electron chi connectivity index (χ0n) is 15.1. The van der Waals surface area contributed by atoms with Crippen molar-refractivity contribution in [3.63, 3.8) is 0 Å². The molecule has 0 heterocycles. The lowest BCUT2D eigenvalue weighted by molar-refractivity contribution is 0.174. The summed E-state index contributed by atoms with van der Waals surface area (Å²) in [5.74, 6) is -2.34. The first kappa shape index (κ1) is 20.0. The lowest BCUT2D eigenvalue weighted by Crippen LogP contribution is -2.32. The number of halogens is 3. The van der Waals surface area contributed by atoms with Gasteiger partial charge in [-0.05, 0) is 55.5 Å². The third-order valence-electron chi connectivity index (χ3n) is 4.57. The lowest BCUT2D eigenvalue weighted by Gasteiger charge is -2.18. The van der Waals surface area contributed by atoms with Crippen LogP contribution in [0.4, 0.5) is 23.7 Å². The molecule has 0 aromatic heterocycles. The van der Waals surface area contributed by atoms with Crippen molar-refractivity contribution in [2.75, 3.05) is 11.9 Å². The number of aliphatic hydroxyl groups is 1. The molecule has 3 N–H and O–H groups in total. The van der Waals surface area contributed by atoms with E-state index in [-0.39, 0.29) is 24.0 Å². The summed E-state index contributed by atoms with van der Waals surface area (Å²) in [7, 11) is 0. The molecule has 1 aliphatic rings. The van der Waals surface area contributed by atoms with Gasteiger partial charge in [-0.25, -0.2) is 18.0 Å². The van der Waals surface area contributed by atoms with Gasteiger partial charge < -0.3 is 20.5 Å². The first-order valence-electron chi connectivity index (χ1n) is 9.06. The van der Waals surface area contributed by atoms with Crippen molar-refractivity contribution >= 4 is 11.7 Å². The number of rotatable bonds is 6. The van der Waals surface area contributed by atoms with Crippen LogP contribution in [0.5, 0.6) is 5.75 Å². The molecule has 1 saturated carbocycles. The number of anilines is 1. The summed E-state index contributed by atoms with van der Waals surface area (Å²) in [5.41, 5.74) is 0.430. The molecule has 0 spiro atoms. The number of carbonyl (C=O) groups excluding carboxylic acids is 1. The fourth-order valence-corrected chi connectivity index (χ4v) is 3.08. The Bertz CT molecular complexity index is 841. The number of urea groups is 1. The molecular weight excluding hydrogens is 373 g/mol. The molecule has 0 aliphatic heterocycles. The summed E-state index contributed by atoms with van der Waals surface area (Å²) in [6, 6.07) is 6.16. The molecule has 1 aliphatic carbocycles. The maximum absolute atomic E-state index is 13.6. The summed E-state index contributed by atoms with van der Waals surface area (Å²) < 4.78 is 45.6. The molecule has 1 atom stereocenters. The average Bonchev–Trinajstić information content (AvgIpc) is 3.17. The predicted octanol–water partition coefficient (Wildman–Crippen LogP) is 4.28. The summed E-state index contributed by atoms with van der Waals surface area (Å²) >= 11 is 0. The molecule has 2 aromatic rings. The molecule has 1 fully saturated rings. The van der Waals surface area contributed by atoms with Crippen molar-refractivity contribution in [1.29, 1.82) is 0 Å². The van der Waals surface area contributed by atoms with Crippen molar-refractivity contribution in [1.82, 2.24) is 5.32 Å². The minimum atomic E-state index is -1.22. The van der Waals surface area contributed by atoms with Crippen LogP contribution < -0.4 is 15.4 Å². The molecule has 5 nitrogen and oxygen atoms in total. The van der Waals surface area contributed by atoms with Gasteiger partial charge in [-0.3, -0.25) is 0 Å². The van der Waals surface area contributed by atoms with Crippen molar-refractivity contribution in [3.05, 3.63) is 59.4 Å².